The molecule has 0 radical (unpaired) electrons. The molecule has 6 heteroatoms. The van der Waals surface area contributed by atoms with Gasteiger partial charge in [-0.15, -0.1) is 16.4 Å². The molecule has 2 unspecified atom stereocenters. The Morgan fingerprint density at radius 2 is 2.11 bits per heavy atom. The number of nitrogens with zero attached hydrogens (tertiary/aromatic N) is 4. The first-order valence-corrected chi connectivity index (χ1v) is 7.44. The minimum Gasteiger partial charge on any atom is -0.308 e. The Balaban J connectivity index is 2.32. The zero-order valence-electron chi connectivity index (χ0n) is 12.1. The third-order valence-electron chi connectivity index (χ3n) is 3.31. The molecule has 0 aromatic carbocycles. The molecule has 0 aliphatic carbocycles. The van der Waals surface area contributed by atoms with Crippen molar-refractivity contribution in [2.24, 2.45) is 0 Å². The second-order valence-corrected chi connectivity index (χ2v) is 6.27. The topological polar surface area (TPSA) is 55.6 Å². The van der Waals surface area contributed by atoms with E-state index < -0.39 is 0 Å². The first-order valence-electron chi connectivity index (χ1n) is 6.62. The molecule has 0 spiro atoms. The second kappa shape index (κ2) is 5.79. The molecule has 2 rings (SSSR count). The number of aromatic nitrogens is 4. The summed E-state index contributed by atoms with van der Waals surface area (Å²) < 4.78 is 1.92. The van der Waals surface area contributed by atoms with Crippen LogP contribution in [0.5, 0.6) is 0 Å². The average Bonchev–Trinajstić information content (AvgIpc) is 2.95. The lowest BCUT2D eigenvalue weighted by Gasteiger charge is -2.17. The average molecular weight is 279 g/mol. The van der Waals surface area contributed by atoms with Crippen molar-refractivity contribution in [3.05, 3.63) is 27.2 Å². The monoisotopic (exact) mass is 279 g/mol. The maximum absolute atomic E-state index is 4.17. The molecule has 19 heavy (non-hydrogen) atoms. The SMILES string of the molecule is CCNC(C)c1nnnn1C(C)c1cc(C)sc1C. The largest absolute Gasteiger partial charge is 0.308 e. The normalized spacial score (nSPS) is 14.6. The van der Waals surface area contributed by atoms with Crippen molar-refractivity contribution >= 4 is 11.3 Å². The predicted molar refractivity (Wildman–Crippen MR) is 77.5 cm³/mol. The lowest BCUT2D eigenvalue weighted by molar-refractivity contribution is 0.470. The van der Waals surface area contributed by atoms with Gasteiger partial charge in [0.15, 0.2) is 5.82 Å². The summed E-state index contributed by atoms with van der Waals surface area (Å²) in [4.78, 5) is 2.66. The number of thiophene rings is 1. The van der Waals surface area contributed by atoms with Crippen molar-refractivity contribution in [3.8, 4) is 0 Å². The Morgan fingerprint density at radius 1 is 1.37 bits per heavy atom. The predicted octanol–water partition coefficient (Wildman–Crippen LogP) is 2.63. The molecule has 0 bridgehead atoms. The van der Waals surface area contributed by atoms with Gasteiger partial charge < -0.3 is 5.32 Å². The third kappa shape index (κ3) is 2.84. The van der Waals surface area contributed by atoms with Crippen molar-refractivity contribution in [1.29, 1.82) is 0 Å². The fourth-order valence-corrected chi connectivity index (χ4v) is 3.37. The van der Waals surface area contributed by atoms with Crippen molar-refractivity contribution in [2.75, 3.05) is 6.54 Å². The van der Waals surface area contributed by atoms with Crippen LogP contribution < -0.4 is 5.32 Å². The molecule has 0 saturated carbocycles. The van der Waals surface area contributed by atoms with Crippen LogP contribution in [0.25, 0.3) is 0 Å². The van der Waals surface area contributed by atoms with Crippen molar-refractivity contribution in [2.45, 2.75) is 46.7 Å². The quantitative estimate of drug-likeness (QED) is 0.914. The Hall–Kier alpha value is -1.27. The lowest BCUT2D eigenvalue weighted by Crippen LogP contribution is -2.23. The van der Waals surface area contributed by atoms with Crippen LogP contribution in [-0.2, 0) is 0 Å². The van der Waals surface area contributed by atoms with Gasteiger partial charge in [0.05, 0.1) is 12.1 Å². The van der Waals surface area contributed by atoms with E-state index in [9.17, 15) is 0 Å². The summed E-state index contributed by atoms with van der Waals surface area (Å²) in [6, 6.07) is 2.55. The smallest absolute Gasteiger partial charge is 0.168 e. The fraction of sp³-hybridized carbons (Fsp3) is 0.615. The van der Waals surface area contributed by atoms with Crippen LogP contribution in [0.15, 0.2) is 6.07 Å². The van der Waals surface area contributed by atoms with Crippen LogP contribution in [0.3, 0.4) is 0 Å². The molecular weight excluding hydrogens is 258 g/mol. The van der Waals surface area contributed by atoms with Gasteiger partial charge in [-0.2, -0.15) is 0 Å². The Morgan fingerprint density at radius 3 is 2.68 bits per heavy atom. The van der Waals surface area contributed by atoms with Gasteiger partial charge in [-0.1, -0.05) is 6.92 Å². The highest BCUT2D eigenvalue weighted by atomic mass is 32.1. The van der Waals surface area contributed by atoms with E-state index in [-0.39, 0.29) is 12.1 Å². The molecule has 0 amide bonds. The van der Waals surface area contributed by atoms with Gasteiger partial charge in [0, 0.05) is 9.75 Å². The number of aryl methyl sites for hydroxylation is 2. The second-order valence-electron chi connectivity index (χ2n) is 4.81. The van der Waals surface area contributed by atoms with Gasteiger partial charge in [-0.25, -0.2) is 4.68 Å². The summed E-state index contributed by atoms with van der Waals surface area (Å²) in [5.41, 5.74) is 1.31. The highest BCUT2D eigenvalue weighted by molar-refractivity contribution is 7.12. The minimum atomic E-state index is 0.155. The Labute approximate surface area is 118 Å². The first kappa shape index (κ1) is 14.1. The van der Waals surface area contributed by atoms with Crippen LogP contribution in [-0.4, -0.2) is 26.8 Å². The third-order valence-corrected chi connectivity index (χ3v) is 4.29. The lowest BCUT2D eigenvalue weighted by atomic mass is 10.1. The van der Waals surface area contributed by atoms with Gasteiger partial charge in [0.1, 0.15) is 0 Å². The molecule has 2 aromatic heterocycles. The first-order chi connectivity index (χ1) is 9.04. The molecule has 104 valence electrons. The molecule has 0 aliphatic rings. The van der Waals surface area contributed by atoms with Gasteiger partial charge in [0.2, 0.25) is 0 Å². The molecule has 5 nitrogen and oxygen atoms in total. The molecule has 2 heterocycles. The van der Waals surface area contributed by atoms with Crippen LogP contribution >= 0.6 is 11.3 Å². The van der Waals surface area contributed by atoms with Gasteiger partial charge in [-0.3, -0.25) is 0 Å². The number of tetrazole rings is 1. The minimum absolute atomic E-state index is 0.155. The van der Waals surface area contributed by atoms with Crippen LogP contribution in [0.1, 0.15) is 54.0 Å². The molecule has 0 saturated heterocycles. The molecule has 1 N–H and O–H groups in total. The van der Waals surface area contributed by atoms with Crippen LogP contribution in [0.4, 0.5) is 0 Å². The summed E-state index contributed by atoms with van der Waals surface area (Å²) in [5.74, 6) is 0.887. The van der Waals surface area contributed by atoms with E-state index in [1.165, 1.54) is 15.3 Å². The van der Waals surface area contributed by atoms with Gasteiger partial charge >= 0.3 is 0 Å². The summed E-state index contributed by atoms with van der Waals surface area (Å²) in [6.45, 7) is 11.5. The Bertz CT molecular complexity index is 545. The summed E-state index contributed by atoms with van der Waals surface area (Å²) >= 11 is 1.82. The summed E-state index contributed by atoms with van der Waals surface area (Å²) in [6.07, 6.45) is 0. The van der Waals surface area contributed by atoms with Crippen LogP contribution in [0.2, 0.25) is 0 Å². The van der Waals surface area contributed by atoms with E-state index in [1.54, 1.807) is 0 Å². The van der Waals surface area contributed by atoms with Crippen molar-refractivity contribution in [1.82, 2.24) is 25.5 Å². The highest BCUT2D eigenvalue weighted by Crippen LogP contribution is 2.29. The van der Waals surface area contributed by atoms with E-state index in [4.69, 9.17) is 0 Å². The maximum Gasteiger partial charge on any atom is 0.168 e. The van der Waals surface area contributed by atoms with E-state index in [2.05, 4.69) is 61.5 Å². The summed E-state index contributed by atoms with van der Waals surface area (Å²) in [7, 11) is 0. The van der Waals surface area contributed by atoms with E-state index in [0.717, 1.165) is 12.4 Å². The molecule has 0 fully saturated rings. The number of nitrogens with one attached hydrogen (secondary N) is 1. The fourth-order valence-electron chi connectivity index (χ4n) is 2.36. The van der Waals surface area contributed by atoms with E-state index >= 15 is 0 Å². The van der Waals surface area contributed by atoms with E-state index in [1.807, 2.05) is 16.0 Å². The number of hydrogen-bond acceptors (Lipinski definition) is 5. The Kier molecular flexibility index (Phi) is 4.31. The highest BCUT2D eigenvalue weighted by Gasteiger charge is 2.21. The number of rotatable bonds is 5. The van der Waals surface area contributed by atoms with Crippen molar-refractivity contribution in [3.63, 3.8) is 0 Å². The molecular formula is C13H21N5S. The molecule has 2 atom stereocenters. The molecule has 0 aliphatic heterocycles. The van der Waals surface area contributed by atoms with Gasteiger partial charge in [-0.05, 0) is 56.3 Å². The number of hydrogen-bond donors (Lipinski definition) is 1. The summed E-state index contributed by atoms with van der Waals surface area (Å²) in [5, 5.41) is 15.5. The zero-order valence-corrected chi connectivity index (χ0v) is 13.0. The standard InChI is InChI=1S/C13H21N5S/c1-6-14-9(3)13-15-16-17-18(13)10(4)12-7-8(2)19-11(12)5/h7,9-10,14H,6H2,1-5H3. The van der Waals surface area contributed by atoms with Gasteiger partial charge in [0.25, 0.3) is 0 Å². The van der Waals surface area contributed by atoms with Crippen molar-refractivity contribution < 1.29 is 0 Å². The maximum atomic E-state index is 4.17. The zero-order chi connectivity index (χ0) is 14.0. The van der Waals surface area contributed by atoms with Crippen LogP contribution in [0, 0.1) is 13.8 Å². The van der Waals surface area contributed by atoms with E-state index in [0.29, 0.717) is 0 Å². The molecule has 2 aromatic rings.